The molecule has 2 N–H and O–H groups in total. The summed E-state index contributed by atoms with van der Waals surface area (Å²) in [6, 6.07) is 0.926. The molecule has 0 aromatic rings. The minimum atomic E-state index is 0. The van der Waals surface area contributed by atoms with Gasteiger partial charge >= 0.3 is 0 Å². The van der Waals surface area contributed by atoms with E-state index in [1.54, 1.807) is 0 Å². The molecule has 2 unspecified atom stereocenters. The van der Waals surface area contributed by atoms with Gasteiger partial charge in [0.05, 0.1) is 0 Å². The largest absolute Gasteiger partial charge is 0.314 e. The minimum Gasteiger partial charge on any atom is -0.314 e. The predicted octanol–water partition coefficient (Wildman–Crippen LogP) is 2.04. The van der Waals surface area contributed by atoms with Crippen LogP contribution in [0.5, 0.6) is 0 Å². The summed E-state index contributed by atoms with van der Waals surface area (Å²) in [6.07, 6.45) is 8.98. The molecule has 2 rings (SSSR count). The van der Waals surface area contributed by atoms with Crippen molar-refractivity contribution in [1.29, 1.82) is 0 Å². The van der Waals surface area contributed by atoms with Crippen molar-refractivity contribution >= 4 is 18.2 Å². The van der Waals surface area contributed by atoms with Gasteiger partial charge in [-0.15, -0.1) is 12.4 Å². The van der Waals surface area contributed by atoms with E-state index in [9.17, 15) is 4.79 Å². The summed E-state index contributed by atoms with van der Waals surface area (Å²) in [5, 5.41) is 6.89. The van der Waals surface area contributed by atoms with Crippen LogP contribution in [0.15, 0.2) is 0 Å². The molecule has 0 aromatic heterocycles. The van der Waals surface area contributed by atoms with Crippen LogP contribution in [0.3, 0.4) is 0 Å². The van der Waals surface area contributed by atoms with Crippen LogP contribution in [0.25, 0.3) is 0 Å². The van der Waals surface area contributed by atoms with Crippen molar-refractivity contribution in [2.45, 2.75) is 63.5 Å². The fourth-order valence-electron chi connectivity index (χ4n) is 2.83. The average Bonchev–Trinajstić information content (AvgIpc) is 2.31. The Bertz CT molecular complexity index is 201. The van der Waals surface area contributed by atoms with E-state index in [4.69, 9.17) is 0 Å². The van der Waals surface area contributed by atoms with Crippen molar-refractivity contribution in [2.24, 2.45) is 0 Å². The molecule has 17 heavy (non-hydrogen) atoms. The first-order valence-electron chi connectivity index (χ1n) is 6.83. The molecule has 0 radical (unpaired) electrons. The Morgan fingerprint density at radius 2 is 1.35 bits per heavy atom. The fraction of sp³-hybridized carbons (Fsp3) is 0.923. The highest BCUT2D eigenvalue weighted by atomic mass is 35.5. The topological polar surface area (TPSA) is 41.1 Å². The van der Waals surface area contributed by atoms with E-state index in [-0.39, 0.29) is 12.4 Å². The van der Waals surface area contributed by atoms with Crippen LogP contribution in [0, 0.1) is 0 Å². The molecule has 100 valence electrons. The summed E-state index contributed by atoms with van der Waals surface area (Å²) < 4.78 is 0. The van der Waals surface area contributed by atoms with Gasteiger partial charge in [0.25, 0.3) is 0 Å². The highest BCUT2D eigenvalue weighted by Crippen LogP contribution is 2.15. The third-order valence-corrected chi connectivity index (χ3v) is 3.77. The van der Waals surface area contributed by atoms with E-state index in [2.05, 4.69) is 10.6 Å². The zero-order chi connectivity index (χ0) is 11.2. The quantitative estimate of drug-likeness (QED) is 0.813. The summed E-state index contributed by atoms with van der Waals surface area (Å²) in [6.45, 7) is 2.19. The smallest absolute Gasteiger partial charge is 0.136 e. The molecule has 3 nitrogen and oxygen atoms in total. The SMILES string of the molecule is Cl.O=C(CC1CCCCN1)CC1CCCCN1. The molecule has 2 atom stereocenters. The van der Waals surface area contributed by atoms with Gasteiger partial charge in [-0.05, 0) is 38.8 Å². The molecule has 2 heterocycles. The van der Waals surface area contributed by atoms with E-state index < -0.39 is 0 Å². The second-order valence-electron chi connectivity index (χ2n) is 5.24. The monoisotopic (exact) mass is 260 g/mol. The van der Waals surface area contributed by atoms with E-state index in [1.807, 2.05) is 0 Å². The lowest BCUT2D eigenvalue weighted by molar-refractivity contribution is -0.120. The van der Waals surface area contributed by atoms with Crippen LogP contribution in [-0.4, -0.2) is 31.0 Å². The highest BCUT2D eigenvalue weighted by Gasteiger charge is 2.20. The number of carbonyl (C=O) groups excluding carboxylic acids is 1. The lowest BCUT2D eigenvalue weighted by Crippen LogP contribution is -2.39. The van der Waals surface area contributed by atoms with Crippen molar-refractivity contribution in [3.05, 3.63) is 0 Å². The molecule has 2 aliphatic rings. The number of carbonyl (C=O) groups is 1. The molecule has 0 saturated carbocycles. The van der Waals surface area contributed by atoms with Crippen molar-refractivity contribution in [2.75, 3.05) is 13.1 Å². The summed E-state index contributed by atoms with van der Waals surface area (Å²) >= 11 is 0. The Kier molecular flexibility index (Phi) is 7.09. The summed E-state index contributed by atoms with van der Waals surface area (Å²) in [5.74, 6) is 0.443. The van der Waals surface area contributed by atoms with Crippen molar-refractivity contribution in [3.8, 4) is 0 Å². The summed E-state index contributed by atoms with van der Waals surface area (Å²) in [5.41, 5.74) is 0. The van der Waals surface area contributed by atoms with Gasteiger partial charge in [-0.3, -0.25) is 4.79 Å². The Hall–Kier alpha value is -0.120. The molecular weight excluding hydrogens is 236 g/mol. The fourth-order valence-corrected chi connectivity index (χ4v) is 2.83. The Balaban J connectivity index is 0.00000144. The first-order valence-corrected chi connectivity index (χ1v) is 6.83. The molecule has 2 aliphatic heterocycles. The third kappa shape index (κ3) is 5.36. The zero-order valence-corrected chi connectivity index (χ0v) is 11.4. The van der Waals surface area contributed by atoms with E-state index in [0.717, 1.165) is 25.9 Å². The first-order chi connectivity index (χ1) is 7.84. The molecular formula is C13H25ClN2O. The lowest BCUT2D eigenvalue weighted by Gasteiger charge is -2.25. The molecule has 0 amide bonds. The number of halogens is 1. The third-order valence-electron chi connectivity index (χ3n) is 3.77. The van der Waals surface area contributed by atoms with Crippen LogP contribution in [-0.2, 0) is 4.79 Å². The van der Waals surface area contributed by atoms with Gasteiger partial charge in [-0.1, -0.05) is 12.8 Å². The van der Waals surface area contributed by atoms with Gasteiger partial charge in [0.2, 0.25) is 0 Å². The van der Waals surface area contributed by atoms with Gasteiger partial charge < -0.3 is 10.6 Å². The number of ketones is 1. The first kappa shape index (κ1) is 14.9. The van der Waals surface area contributed by atoms with Crippen LogP contribution < -0.4 is 10.6 Å². The van der Waals surface area contributed by atoms with Crippen LogP contribution >= 0.6 is 12.4 Å². The second kappa shape index (κ2) is 8.06. The number of Topliss-reactive ketones (excluding diaryl/α,β-unsaturated/α-hetero) is 1. The summed E-state index contributed by atoms with van der Waals surface area (Å²) in [4.78, 5) is 11.9. The molecule has 4 heteroatoms. The van der Waals surface area contributed by atoms with Crippen molar-refractivity contribution in [1.82, 2.24) is 10.6 Å². The molecule has 2 fully saturated rings. The average molecular weight is 261 g/mol. The zero-order valence-electron chi connectivity index (χ0n) is 10.5. The number of hydrogen-bond donors (Lipinski definition) is 2. The molecule has 0 aromatic carbocycles. The minimum absolute atomic E-state index is 0. The Morgan fingerprint density at radius 1 is 0.882 bits per heavy atom. The molecule has 0 spiro atoms. The van der Waals surface area contributed by atoms with Gasteiger partial charge in [-0.25, -0.2) is 0 Å². The maximum Gasteiger partial charge on any atom is 0.136 e. The standard InChI is InChI=1S/C13H24N2O.ClH/c16-13(9-11-5-1-3-7-14-11)10-12-6-2-4-8-15-12;/h11-12,14-15H,1-10H2;1H. The molecule has 0 bridgehead atoms. The van der Waals surface area contributed by atoms with Gasteiger partial charge in [0.15, 0.2) is 0 Å². The van der Waals surface area contributed by atoms with Crippen LogP contribution in [0.2, 0.25) is 0 Å². The van der Waals surface area contributed by atoms with Crippen molar-refractivity contribution in [3.63, 3.8) is 0 Å². The number of piperidine rings is 2. The summed E-state index contributed by atoms with van der Waals surface area (Å²) in [7, 11) is 0. The normalized spacial score (nSPS) is 29.4. The number of hydrogen-bond acceptors (Lipinski definition) is 3. The molecule has 2 saturated heterocycles. The van der Waals surface area contributed by atoms with Crippen molar-refractivity contribution < 1.29 is 4.79 Å². The maximum absolute atomic E-state index is 11.9. The van der Waals surface area contributed by atoms with E-state index in [0.29, 0.717) is 17.9 Å². The highest BCUT2D eigenvalue weighted by molar-refractivity contribution is 5.85. The van der Waals surface area contributed by atoms with Gasteiger partial charge in [0, 0.05) is 24.9 Å². The van der Waals surface area contributed by atoms with Crippen LogP contribution in [0.4, 0.5) is 0 Å². The lowest BCUT2D eigenvalue weighted by atomic mass is 9.94. The van der Waals surface area contributed by atoms with Gasteiger partial charge in [0.1, 0.15) is 5.78 Å². The van der Waals surface area contributed by atoms with Crippen LogP contribution in [0.1, 0.15) is 51.4 Å². The van der Waals surface area contributed by atoms with E-state index >= 15 is 0 Å². The molecule has 0 aliphatic carbocycles. The Labute approximate surface area is 111 Å². The second-order valence-corrected chi connectivity index (χ2v) is 5.24. The predicted molar refractivity (Wildman–Crippen MR) is 72.8 cm³/mol. The van der Waals surface area contributed by atoms with Gasteiger partial charge in [-0.2, -0.15) is 0 Å². The Morgan fingerprint density at radius 3 is 1.71 bits per heavy atom. The number of rotatable bonds is 4. The maximum atomic E-state index is 11.9. The number of nitrogens with one attached hydrogen (secondary N) is 2. The van der Waals surface area contributed by atoms with E-state index in [1.165, 1.54) is 38.5 Å².